The second-order valence-electron chi connectivity index (χ2n) is 4.38. The molecule has 0 saturated carbocycles. The van der Waals surface area contributed by atoms with E-state index in [2.05, 4.69) is 21.8 Å². The van der Waals surface area contributed by atoms with E-state index in [1.165, 1.54) is 0 Å². The molecule has 0 saturated heterocycles. The van der Waals surface area contributed by atoms with Crippen molar-refractivity contribution in [3.05, 3.63) is 70.3 Å². The number of aryl methyl sites for hydroxylation is 1. The molecule has 0 unspecified atom stereocenters. The van der Waals surface area contributed by atoms with Crippen LogP contribution in [0.4, 0.5) is 0 Å². The molecular weight excluding hydrogens is 316 g/mol. The summed E-state index contributed by atoms with van der Waals surface area (Å²) >= 11 is 1.65. The second-order valence-corrected chi connectivity index (χ2v) is 5.46. The molecule has 5 heteroatoms. The summed E-state index contributed by atoms with van der Waals surface area (Å²) in [6, 6.07) is 13.3. The number of benzene rings is 1. The molecular formula is C17H13ClN2OS. The molecule has 0 atom stereocenters. The number of nitrogens with zero attached hydrogens (tertiary/aromatic N) is 1. The Balaban J connectivity index is 0.00000176. The lowest BCUT2D eigenvalue weighted by atomic mass is 10.3. The number of H-pyrrole nitrogens is 1. The minimum absolute atomic E-state index is 0. The van der Waals surface area contributed by atoms with Crippen LogP contribution in [0.15, 0.2) is 54.0 Å². The lowest BCUT2D eigenvalue weighted by Crippen LogP contribution is -3.00. The van der Waals surface area contributed by atoms with Crippen LogP contribution in [0.25, 0.3) is 0 Å². The predicted octanol–water partition coefficient (Wildman–Crippen LogP) is 0.462. The third kappa shape index (κ3) is 4.32. The molecule has 0 aliphatic heterocycles. The lowest BCUT2D eigenvalue weighted by molar-refractivity contribution is -0.383. The molecule has 1 N–H and O–H groups in total. The molecule has 110 valence electrons. The van der Waals surface area contributed by atoms with E-state index in [-0.39, 0.29) is 12.4 Å². The molecule has 2 aromatic heterocycles. The molecule has 22 heavy (non-hydrogen) atoms. The van der Waals surface area contributed by atoms with Crippen molar-refractivity contribution in [3.63, 3.8) is 0 Å². The van der Waals surface area contributed by atoms with E-state index in [0.717, 1.165) is 22.0 Å². The Bertz CT molecular complexity index is 789. The maximum atomic E-state index is 5.64. The zero-order chi connectivity index (χ0) is 14.5. The average molecular weight is 329 g/mol. The van der Waals surface area contributed by atoms with Crippen molar-refractivity contribution < 1.29 is 22.1 Å². The van der Waals surface area contributed by atoms with Gasteiger partial charge in [0.05, 0.1) is 5.38 Å². The smallest absolute Gasteiger partial charge is 0.266 e. The maximum Gasteiger partial charge on any atom is 0.266 e. The van der Waals surface area contributed by atoms with Gasteiger partial charge < -0.3 is 17.1 Å². The summed E-state index contributed by atoms with van der Waals surface area (Å²) in [5, 5.41) is 3.15. The largest absolute Gasteiger partial charge is 1.00 e. The van der Waals surface area contributed by atoms with Crippen LogP contribution in [0.5, 0.6) is 11.6 Å². The number of nitrogens with one attached hydrogen (secondary N) is 1. The number of hydrogen-bond acceptors (Lipinski definition) is 3. The number of pyridine rings is 1. The van der Waals surface area contributed by atoms with Gasteiger partial charge in [0.2, 0.25) is 10.9 Å². The first-order chi connectivity index (χ1) is 10.3. The highest BCUT2D eigenvalue weighted by atomic mass is 35.5. The predicted molar refractivity (Wildman–Crippen MR) is 82.3 cm³/mol. The van der Waals surface area contributed by atoms with E-state index < -0.39 is 0 Å². The van der Waals surface area contributed by atoms with Gasteiger partial charge in [0.1, 0.15) is 5.75 Å². The van der Waals surface area contributed by atoms with Crippen molar-refractivity contribution in [1.82, 2.24) is 4.98 Å². The van der Waals surface area contributed by atoms with Gasteiger partial charge in [-0.15, -0.1) is 0 Å². The van der Waals surface area contributed by atoms with Crippen LogP contribution < -0.4 is 22.1 Å². The van der Waals surface area contributed by atoms with Crippen molar-refractivity contribution in [2.75, 3.05) is 0 Å². The van der Waals surface area contributed by atoms with E-state index >= 15 is 0 Å². The van der Waals surface area contributed by atoms with E-state index in [9.17, 15) is 0 Å². The number of aromatic nitrogens is 2. The minimum atomic E-state index is 0. The maximum absolute atomic E-state index is 5.64. The van der Waals surface area contributed by atoms with E-state index in [1.807, 2.05) is 54.8 Å². The van der Waals surface area contributed by atoms with Crippen LogP contribution in [-0.2, 0) is 0 Å². The SMILES string of the molecule is Cc1[nH+]c(C#Cc2ccc(Oc3ccccc3)nc2)cs1.[Cl-]. The first kappa shape index (κ1) is 16.0. The molecule has 3 rings (SSSR count). The van der Waals surface area contributed by atoms with Crippen LogP contribution in [0, 0.1) is 18.8 Å². The summed E-state index contributed by atoms with van der Waals surface area (Å²) < 4.78 is 5.64. The van der Waals surface area contributed by atoms with Crippen molar-refractivity contribution in [2.24, 2.45) is 0 Å². The molecule has 3 nitrogen and oxygen atoms in total. The van der Waals surface area contributed by atoms with Crippen molar-refractivity contribution in [3.8, 4) is 23.5 Å². The summed E-state index contributed by atoms with van der Waals surface area (Å²) in [5.41, 5.74) is 1.77. The van der Waals surface area contributed by atoms with Crippen LogP contribution in [0.1, 0.15) is 16.3 Å². The Labute approximate surface area is 139 Å². The first-order valence-corrected chi connectivity index (χ1v) is 7.36. The number of ether oxygens (including phenoxy) is 1. The topological polar surface area (TPSA) is 36.3 Å². The summed E-state index contributed by atoms with van der Waals surface area (Å²) in [6.45, 7) is 2.02. The zero-order valence-corrected chi connectivity index (χ0v) is 13.4. The van der Waals surface area contributed by atoms with Gasteiger partial charge in [-0.2, -0.15) is 4.98 Å². The molecule has 0 amide bonds. The Morgan fingerprint density at radius 1 is 1.09 bits per heavy atom. The Morgan fingerprint density at radius 2 is 1.91 bits per heavy atom. The fraction of sp³-hybridized carbons (Fsp3) is 0.0588. The standard InChI is InChI=1S/C17H12N2OS.ClH/c1-13-19-15(12-21-13)9-7-14-8-10-17(18-11-14)20-16-5-3-2-4-6-16;/h2-6,8,10-12H,1H3;1H. The van der Waals surface area contributed by atoms with E-state index in [4.69, 9.17) is 4.74 Å². The van der Waals surface area contributed by atoms with Crippen molar-refractivity contribution in [2.45, 2.75) is 6.92 Å². The molecule has 0 spiro atoms. The number of hydrogen-bond donors (Lipinski definition) is 0. The van der Waals surface area contributed by atoms with Crippen LogP contribution in [0.3, 0.4) is 0 Å². The highest BCUT2D eigenvalue weighted by Gasteiger charge is 2.01. The second kappa shape index (κ2) is 7.60. The number of rotatable bonds is 2. The number of aromatic amines is 1. The molecule has 2 heterocycles. The quantitative estimate of drug-likeness (QED) is 0.641. The van der Waals surface area contributed by atoms with Gasteiger partial charge in [0.25, 0.3) is 5.69 Å². The zero-order valence-electron chi connectivity index (χ0n) is 11.8. The number of halogens is 1. The first-order valence-electron chi connectivity index (χ1n) is 6.48. The summed E-state index contributed by atoms with van der Waals surface area (Å²) in [7, 11) is 0. The van der Waals surface area contributed by atoms with Gasteiger partial charge in [-0.25, -0.2) is 4.98 Å². The Morgan fingerprint density at radius 3 is 2.55 bits per heavy atom. The normalized spacial score (nSPS) is 9.32. The summed E-state index contributed by atoms with van der Waals surface area (Å²) in [5.74, 6) is 7.48. The van der Waals surface area contributed by atoms with E-state index in [0.29, 0.717) is 5.88 Å². The van der Waals surface area contributed by atoms with Crippen molar-refractivity contribution in [1.29, 1.82) is 0 Å². The van der Waals surface area contributed by atoms with Gasteiger partial charge in [-0.05, 0) is 18.2 Å². The average Bonchev–Trinajstić information content (AvgIpc) is 2.93. The fourth-order valence-corrected chi connectivity index (χ4v) is 2.30. The third-order valence-electron chi connectivity index (χ3n) is 2.71. The third-order valence-corrected chi connectivity index (χ3v) is 3.52. The molecule has 0 bridgehead atoms. The monoisotopic (exact) mass is 328 g/mol. The van der Waals surface area contributed by atoms with Gasteiger partial charge >= 0.3 is 0 Å². The van der Waals surface area contributed by atoms with Gasteiger partial charge in [-0.1, -0.05) is 35.5 Å². The Kier molecular flexibility index (Phi) is 5.54. The van der Waals surface area contributed by atoms with Crippen LogP contribution >= 0.6 is 11.3 Å². The van der Waals surface area contributed by atoms with Gasteiger partial charge in [-0.3, -0.25) is 0 Å². The summed E-state index contributed by atoms with van der Waals surface area (Å²) in [6.07, 6.45) is 1.71. The van der Waals surface area contributed by atoms with Gasteiger partial charge in [0, 0.05) is 30.7 Å². The number of para-hydroxylation sites is 1. The molecule has 0 aliphatic carbocycles. The fourth-order valence-electron chi connectivity index (χ4n) is 1.72. The van der Waals surface area contributed by atoms with Gasteiger partial charge in [0.15, 0.2) is 0 Å². The van der Waals surface area contributed by atoms with Crippen LogP contribution in [0.2, 0.25) is 0 Å². The molecule has 0 radical (unpaired) electrons. The highest BCUT2D eigenvalue weighted by molar-refractivity contribution is 7.09. The Hall–Kier alpha value is -2.35. The highest BCUT2D eigenvalue weighted by Crippen LogP contribution is 2.18. The summed E-state index contributed by atoms with van der Waals surface area (Å²) in [4.78, 5) is 7.45. The molecule has 0 aliphatic rings. The molecule has 0 fully saturated rings. The van der Waals surface area contributed by atoms with E-state index in [1.54, 1.807) is 17.5 Å². The number of thiazole rings is 1. The lowest BCUT2D eigenvalue weighted by Gasteiger charge is -2.03. The minimum Gasteiger partial charge on any atom is -1.00 e. The molecule has 3 aromatic rings. The van der Waals surface area contributed by atoms with Crippen molar-refractivity contribution >= 4 is 11.3 Å². The van der Waals surface area contributed by atoms with Crippen LogP contribution in [-0.4, -0.2) is 4.98 Å². The molecule has 1 aromatic carbocycles.